The molecule has 1 aromatic carbocycles. The number of aliphatic hydroxyl groups excluding tert-OH is 1. The summed E-state index contributed by atoms with van der Waals surface area (Å²) < 4.78 is 0. The van der Waals surface area contributed by atoms with Gasteiger partial charge in [-0.25, -0.2) is 4.98 Å². The van der Waals surface area contributed by atoms with Crippen LogP contribution in [0, 0.1) is 12.8 Å². The molecule has 0 aliphatic rings. The van der Waals surface area contributed by atoms with Gasteiger partial charge in [0.15, 0.2) is 0 Å². The highest BCUT2D eigenvalue weighted by Crippen LogP contribution is 2.27. The number of aromatic nitrogens is 2. The standard InChI is InChI=1S/C15H23N3O/c1-10(2)14(18(4)7-8-19)15-16-12-6-5-11(3)9-13(12)17-15/h5-6,9-10,14,19H,7-8H2,1-4H3,(H,16,17). The third-order valence-electron chi connectivity index (χ3n) is 3.49. The van der Waals surface area contributed by atoms with E-state index in [0.29, 0.717) is 12.5 Å². The molecular formula is C15H23N3O. The maximum Gasteiger partial charge on any atom is 0.124 e. The predicted molar refractivity (Wildman–Crippen MR) is 78.1 cm³/mol. The van der Waals surface area contributed by atoms with Gasteiger partial charge in [0.25, 0.3) is 0 Å². The highest BCUT2D eigenvalue weighted by atomic mass is 16.3. The number of aryl methyl sites for hydroxylation is 1. The Balaban J connectivity index is 2.38. The van der Waals surface area contributed by atoms with Crippen LogP contribution in [0.4, 0.5) is 0 Å². The molecule has 0 radical (unpaired) electrons. The predicted octanol–water partition coefficient (Wildman–Crippen LogP) is 2.49. The molecular weight excluding hydrogens is 238 g/mol. The quantitative estimate of drug-likeness (QED) is 0.869. The average Bonchev–Trinajstić information content (AvgIpc) is 2.71. The lowest BCUT2D eigenvalue weighted by Crippen LogP contribution is -2.31. The lowest BCUT2D eigenvalue weighted by molar-refractivity contribution is 0.146. The van der Waals surface area contributed by atoms with Gasteiger partial charge in [-0.2, -0.15) is 0 Å². The van der Waals surface area contributed by atoms with Gasteiger partial charge >= 0.3 is 0 Å². The number of likely N-dealkylation sites (N-methyl/N-ethyl adjacent to an activating group) is 1. The van der Waals surface area contributed by atoms with Crippen molar-refractivity contribution >= 4 is 11.0 Å². The topological polar surface area (TPSA) is 52.1 Å². The fraction of sp³-hybridized carbons (Fsp3) is 0.533. The molecule has 0 amide bonds. The molecule has 0 saturated carbocycles. The molecule has 1 aromatic heterocycles. The van der Waals surface area contributed by atoms with Crippen LogP contribution in [-0.4, -0.2) is 40.2 Å². The van der Waals surface area contributed by atoms with Crippen molar-refractivity contribution in [3.63, 3.8) is 0 Å². The van der Waals surface area contributed by atoms with E-state index >= 15 is 0 Å². The van der Waals surface area contributed by atoms with Crippen molar-refractivity contribution < 1.29 is 5.11 Å². The minimum Gasteiger partial charge on any atom is -0.395 e. The van der Waals surface area contributed by atoms with Gasteiger partial charge in [-0.05, 0) is 37.6 Å². The summed E-state index contributed by atoms with van der Waals surface area (Å²) in [5.41, 5.74) is 3.31. The third kappa shape index (κ3) is 2.96. The molecule has 1 atom stereocenters. The number of nitrogens with zero attached hydrogens (tertiary/aromatic N) is 2. The van der Waals surface area contributed by atoms with E-state index in [1.165, 1.54) is 5.56 Å². The molecule has 0 aliphatic carbocycles. The zero-order valence-electron chi connectivity index (χ0n) is 12.1. The largest absolute Gasteiger partial charge is 0.395 e. The van der Waals surface area contributed by atoms with E-state index < -0.39 is 0 Å². The number of hydrogen-bond acceptors (Lipinski definition) is 3. The van der Waals surface area contributed by atoms with Gasteiger partial charge in [-0.15, -0.1) is 0 Å². The van der Waals surface area contributed by atoms with Crippen LogP contribution in [-0.2, 0) is 0 Å². The number of benzene rings is 1. The second-order valence-electron chi connectivity index (χ2n) is 5.54. The second-order valence-corrected chi connectivity index (χ2v) is 5.54. The number of nitrogens with one attached hydrogen (secondary N) is 1. The molecule has 104 valence electrons. The van der Waals surface area contributed by atoms with Crippen molar-refractivity contribution in [2.24, 2.45) is 5.92 Å². The number of imidazole rings is 1. The monoisotopic (exact) mass is 261 g/mol. The van der Waals surface area contributed by atoms with Gasteiger partial charge in [0.05, 0.1) is 23.7 Å². The lowest BCUT2D eigenvalue weighted by Gasteiger charge is -2.28. The number of H-pyrrole nitrogens is 1. The van der Waals surface area contributed by atoms with Gasteiger partial charge in [0.2, 0.25) is 0 Å². The van der Waals surface area contributed by atoms with Gasteiger partial charge < -0.3 is 10.1 Å². The van der Waals surface area contributed by atoms with Crippen LogP contribution in [0.25, 0.3) is 11.0 Å². The lowest BCUT2D eigenvalue weighted by atomic mass is 10.0. The smallest absolute Gasteiger partial charge is 0.124 e. The molecule has 4 nitrogen and oxygen atoms in total. The van der Waals surface area contributed by atoms with Gasteiger partial charge in [0.1, 0.15) is 5.82 Å². The molecule has 0 saturated heterocycles. The highest BCUT2D eigenvalue weighted by molar-refractivity contribution is 5.75. The van der Waals surface area contributed by atoms with E-state index in [-0.39, 0.29) is 12.6 Å². The number of rotatable bonds is 5. The zero-order valence-corrected chi connectivity index (χ0v) is 12.1. The molecule has 2 N–H and O–H groups in total. The molecule has 0 aliphatic heterocycles. The van der Waals surface area contributed by atoms with Crippen molar-refractivity contribution in [3.8, 4) is 0 Å². The van der Waals surface area contributed by atoms with Crippen LogP contribution in [0.5, 0.6) is 0 Å². The SMILES string of the molecule is Cc1ccc2nc(C(C(C)C)N(C)CCO)[nH]c2c1. The molecule has 2 aromatic rings. The molecule has 2 rings (SSSR count). The number of hydrogen-bond donors (Lipinski definition) is 2. The minimum absolute atomic E-state index is 0.166. The summed E-state index contributed by atoms with van der Waals surface area (Å²) in [5, 5.41) is 9.12. The molecule has 1 unspecified atom stereocenters. The Morgan fingerprint density at radius 3 is 2.74 bits per heavy atom. The zero-order chi connectivity index (χ0) is 14.0. The number of aliphatic hydroxyl groups is 1. The molecule has 1 heterocycles. The summed E-state index contributed by atoms with van der Waals surface area (Å²) in [5.74, 6) is 1.41. The molecule has 4 heteroatoms. The van der Waals surface area contributed by atoms with Crippen LogP contribution in [0.3, 0.4) is 0 Å². The summed E-state index contributed by atoms with van der Waals surface area (Å²) in [4.78, 5) is 10.3. The third-order valence-corrected chi connectivity index (χ3v) is 3.49. The number of fused-ring (bicyclic) bond motifs is 1. The van der Waals surface area contributed by atoms with Crippen molar-refractivity contribution in [2.75, 3.05) is 20.2 Å². The Morgan fingerprint density at radius 1 is 1.37 bits per heavy atom. The summed E-state index contributed by atoms with van der Waals surface area (Å²) >= 11 is 0. The van der Waals surface area contributed by atoms with Gasteiger partial charge in [0, 0.05) is 6.54 Å². The fourth-order valence-electron chi connectivity index (χ4n) is 2.61. The van der Waals surface area contributed by atoms with E-state index in [0.717, 1.165) is 16.9 Å². The summed E-state index contributed by atoms with van der Waals surface area (Å²) in [6.07, 6.45) is 0. The van der Waals surface area contributed by atoms with E-state index in [1.54, 1.807) is 0 Å². The van der Waals surface area contributed by atoms with E-state index in [2.05, 4.69) is 42.8 Å². The number of aromatic amines is 1. The Bertz CT molecular complexity index is 547. The van der Waals surface area contributed by atoms with Crippen LogP contribution >= 0.6 is 0 Å². The van der Waals surface area contributed by atoms with Crippen molar-refractivity contribution in [3.05, 3.63) is 29.6 Å². The molecule has 0 fully saturated rings. The highest BCUT2D eigenvalue weighted by Gasteiger charge is 2.23. The van der Waals surface area contributed by atoms with E-state index in [1.807, 2.05) is 13.1 Å². The molecule has 19 heavy (non-hydrogen) atoms. The van der Waals surface area contributed by atoms with E-state index in [4.69, 9.17) is 10.1 Å². The Labute approximate surface area is 114 Å². The summed E-state index contributed by atoms with van der Waals surface area (Å²) in [7, 11) is 2.03. The summed E-state index contributed by atoms with van der Waals surface area (Å²) in [6, 6.07) is 6.44. The average molecular weight is 261 g/mol. The van der Waals surface area contributed by atoms with Crippen molar-refractivity contribution in [2.45, 2.75) is 26.8 Å². The maximum atomic E-state index is 9.12. The van der Waals surface area contributed by atoms with Crippen molar-refractivity contribution in [1.82, 2.24) is 14.9 Å². The molecule has 0 spiro atoms. The Kier molecular flexibility index (Phi) is 4.22. The maximum absolute atomic E-state index is 9.12. The first-order chi connectivity index (χ1) is 9.02. The first kappa shape index (κ1) is 14.0. The van der Waals surface area contributed by atoms with Gasteiger partial charge in [-0.3, -0.25) is 4.90 Å². The second kappa shape index (κ2) is 5.72. The first-order valence-electron chi connectivity index (χ1n) is 6.80. The van der Waals surface area contributed by atoms with Crippen LogP contribution in [0.2, 0.25) is 0 Å². The normalized spacial score (nSPS) is 13.6. The Hall–Kier alpha value is -1.39. The van der Waals surface area contributed by atoms with Crippen LogP contribution in [0.15, 0.2) is 18.2 Å². The first-order valence-corrected chi connectivity index (χ1v) is 6.80. The summed E-state index contributed by atoms with van der Waals surface area (Å²) in [6.45, 7) is 7.25. The van der Waals surface area contributed by atoms with Crippen molar-refractivity contribution in [1.29, 1.82) is 0 Å². The van der Waals surface area contributed by atoms with E-state index in [9.17, 15) is 0 Å². The molecule has 0 bridgehead atoms. The van der Waals surface area contributed by atoms with Gasteiger partial charge in [-0.1, -0.05) is 19.9 Å². The minimum atomic E-state index is 0.166. The van der Waals surface area contributed by atoms with Crippen LogP contribution in [0.1, 0.15) is 31.3 Å². The van der Waals surface area contributed by atoms with Crippen LogP contribution < -0.4 is 0 Å². The fourth-order valence-corrected chi connectivity index (χ4v) is 2.61. The Morgan fingerprint density at radius 2 is 2.11 bits per heavy atom.